The molecule has 0 aliphatic heterocycles. The van der Waals surface area contributed by atoms with E-state index < -0.39 is 0 Å². The van der Waals surface area contributed by atoms with Crippen molar-refractivity contribution in [2.45, 2.75) is 13.5 Å². The van der Waals surface area contributed by atoms with Gasteiger partial charge in [0, 0.05) is 22.1 Å². The molecule has 0 fully saturated rings. The molecule has 0 saturated carbocycles. The smallest absolute Gasteiger partial charge is 0.177 e. The summed E-state index contributed by atoms with van der Waals surface area (Å²) in [6.07, 6.45) is 1.74. The van der Waals surface area contributed by atoms with Gasteiger partial charge in [-0.15, -0.1) is 0 Å². The molecule has 1 aromatic carbocycles. The number of aryl methyl sites for hydroxylation is 1. The third-order valence-corrected chi connectivity index (χ3v) is 4.64. The van der Waals surface area contributed by atoms with Crippen molar-refractivity contribution in [3.63, 3.8) is 0 Å². The van der Waals surface area contributed by atoms with Gasteiger partial charge in [-0.1, -0.05) is 12.1 Å². The SMILES string of the molecule is Cc1cc2nc(NCc3nc4ncc(Br)cc4[nH]3)c3ccccc3n2n1. The van der Waals surface area contributed by atoms with Crippen molar-refractivity contribution < 1.29 is 0 Å². The van der Waals surface area contributed by atoms with E-state index in [2.05, 4.69) is 41.3 Å². The van der Waals surface area contributed by atoms with Crippen LogP contribution < -0.4 is 5.32 Å². The first kappa shape index (κ1) is 15.3. The molecule has 5 aromatic rings. The highest BCUT2D eigenvalue weighted by Gasteiger charge is 2.11. The normalized spacial score (nSPS) is 11.6. The monoisotopic (exact) mass is 407 g/mol. The number of aromatic amines is 1. The summed E-state index contributed by atoms with van der Waals surface area (Å²) in [6.45, 7) is 2.49. The average molecular weight is 408 g/mol. The van der Waals surface area contributed by atoms with Gasteiger partial charge in [-0.25, -0.2) is 19.5 Å². The summed E-state index contributed by atoms with van der Waals surface area (Å²) in [5.74, 6) is 1.61. The standard InChI is InChI=1S/C18H14BrN7/c1-10-6-16-24-17(12-4-2-3-5-14(12)26(16)25-10)21-9-15-22-13-7-11(19)8-20-18(13)23-15/h2-8H,9H2,1H3,(H,21,24)(H,20,22,23). The molecule has 0 aliphatic rings. The number of H-pyrrole nitrogens is 1. The lowest BCUT2D eigenvalue weighted by molar-refractivity contribution is 0.949. The maximum atomic E-state index is 4.73. The number of nitrogens with zero attached hydrogens (tertiary/aromatic N) is 5. The van der Waals surface area contributed by atoms with Gasteiger partial charge in [-0.2, -0.15) is 5.10 Å². The predicted octanol–water partition coefficient (Wildman–Crippen LogP) is 3.84. The van der Waals surface area contributed by atoms with E-state index in [0.717, 1.165) is 43.9 Å². The minimum atomic E-state index is 0.522. The second-order valence-corrected chi connectivity index (χ2v) is 7.01. The van der Waals surface area contributed by atoms with E-state index in [1.54, 1.807) is 6.20 Å². The summed E-state index contributed by atoms with van der Waals surface area (Å²) in [4.78, 5) is 16.8. The zero-order chi connectivity index (χ0) is 17.7. The molecule has 4 aromatic heterocycles. The molecular weight excluding hydrogens is 394 g/mol. The molecule has 0 spiro atoms. The van der Waals surface area contributed by atoms with E-state index in [-0.39, 0.29) is 0 Å². The number of hydrogen-bond donors (Lipinski definition) is 2. The Labute approximate surface area is 156 Å². The Morgan fingerprint density at radius 1 is 1.19 bits per heavy atom. The van der Waals surface area contributed by atoms with Crippen molar-refractivity contribution in [1.29, 1.82) is 0 Å². The molecule has 0 bridgehead atoms. The molecule has 4 heterocycles. The number of imidazole rings is 1. The van der Waals surface area contributed by atoms with E-state index in [9.17, 15) is 0 Å². The molecule has 0 saturated heterocycles. The second kappa shape index (κ2) is 5.77. The lowest BCUT2D eigenvalue weighted by Crippen LogP contribution is -2.05. The van der Waals surface area contributed by atoms with E-state index in [1.807, 2.05) is 47.8 Å². The number of rotatable bonds is 3. The molecule has 0 unspecified atom stereocenters. The Morgan fingerprint density at radius 3 is 3.00 bits per heavy atom. The van der Waals surface area contributed by atoms with Gasteiger partial charge in [0.05, 0.1) is 23.3 Å². The van der Waals surface area contributed by atoms with Crippen LogP contribution in [0.2, 0.25) is 0 Å². The molecule has 0 amide bonds. The molecule has 0 atom stereocenters. The minimum Gasteiger partial charge on any atom is -0.362 e. The first-order chi connectivity index (χ1) is 12.7. The Kier molecular flexibility index (Phi) is 3.39. The van der Waals surface area contributed by atoms with Gasteiger partial charge in [0.15, 0.2) is 11.3 Å². The molecule has 128 valence electrons. The molecule has 8 heteroatoms. The second-order valence-electron chi connectivity index (χ2n) is 6.10. The van der Waals surface area contributed by atoms with Crippen molar-refractivity contribution in [2.75, 3.05) is 5.32 Å². The van der Waals surface area contributed by atoms with E-state index in [4.69, 9.17) is 4.98 Å². The predicted molar refractivity (Wildman–Crippen MR) is 104 cm³/mol. The Hall–Kier alpha value is -3.00. The number of anilines is 1. The maximum absolute atomic E-state index is 4.73. The molecule has 5 rings (SSSR count). The molecule has 26 heavy (non-hydrogen) atoms. The number of para-hydroxylation sites is 1. The number of halogens is 1. The lowest BCUT2D eigenvalue weighted by atomic mass is 10.2. The van der Waals surface area contributed by atoms with Crippen LogP contribution in [-0.2, 0) is 6.54 Å². The van der Waals surface area contributed by atoms with Crippen LogP contribution in [0.3, 0.4) is 0 Å². The van der Waals surface area contributed by atoms with Crippen molar-refractivity contribution >= 4 is 49.5 Å². The van der Waals surface area contributed by atoms with Crippen LogP contribution in [0.25, 0.3) is 27.7 Å². The lowest BCUT2D eigenvalue weighted by Gasteiger charge is -2.09. The summed E-state index contributed by atoms with van der Waals surface area (Å²) >= 11 is 3.43. The van der Waals surface area contributed by atoms with Crippen LogP contribution in [0.1, 0.15) is 11.5 Å². The first-order valence-electron chi connectivity index (χ1n) is 8.16. The summed E-state index contributed by atoms with van der Waals surface area (Å²) in [5, 5.41) is 8.94. The number of pyridine rings is 1. The van der Waals surface area contributed by atoms with Crippen molar-refractivity contribution in [2.24, 2.45) is 0 Å². The molecule has 2 N–H and O–H groups in total. The van der Waals surface area contributed by atoms with Crippen LogP contribution >= 0.6 is 15.9 Å². The number of aromatic nitrogens is 6. The zero-order valence-corrected chi connectivity index (χ0v) is 15.4. The van der Waals surface area contributed by atoms with Crippen molar-refractivity contribution in [3.8, 4) is 0 Å². The zero-order valence-electron chi connectivity index (χ0n) is 13.9. The van der Waals surface area contributed by atoms with Crippen molar-refractivity contribution in [1.82, 2.24) is 29.5 Å². The van der Waals surface area contributed by atoms with Gasteiger partial charge < -0.3 is 10.3 Å². The van der Waals surface area contributed by atoms with E-state index in [1.165, 1.54) is 0 Å². The van der Waals surface area contributed by atoms with Crippen LogP contribution in [0, 0.1) is 6.92 Å². The molecular formula is C18H14BrN7. The summed E-state index contributed by atoms with van der Waals surface area (Å²) < 4.78 is 2.79. The van der Waals surface area contributed by atoms with Gasteiger partial charge in [0.2, 0.25) is 0 Å². The van der Waals surface area contributed by atoms with E-state index >= 15 is 0 Å². The van der Waals surface area contributed by atoms with Gasteiger partial charge in [0.1, 0.15) is 11.6 Å². The van der Waals surface area contributed by atoms with Gasteiger partial charge in [-0.3, -0.25) is 0 Å². The summed E-state index contributed by atoms with van der Waals surface area (Å²) in [7, 11) is 0. The van der Waals surface area contributed by atoms with Gasteiger partial charge in [-0.05, 0) is 41.1 Å². The Balaban J connectivity index is 1.55. The first-order valence-corrected chi connectivity index (χ1v) is 8.96. The number of benzene rings is 1. The Bertz CT molecular complexity index is 1270. The number of fused-ring (bicyclic) bond motifs is 4. The van der Waals surface area contributed by atoms with Crippen LogP contribution in [-0.4, -0.2) is 29.5 Å². The van der Waals surface area contributed by atoms with E-state index in [0.29, 0.717) is 12.2 Å². The summed E-state index contributed by atoms with van der Waals surface area (Å²) in [5.41, 5.74) is 4.37. The highest BCUT2D eigenvalue weighted by molar-refractivity contribution is 9.10. The van der Waals surface area contributed by atoms with Crippen LogP contribution in [0.5, 0.6) is 0 Å². The molecule has 0 aliphatic carbocycles. The fraction of sp³-hybridized carbons (Fsp3) is 0.111. The topological polar surface area (TPSA) is 83.8 Å². The third-order valence-electron chi connectivity index (χ3n) is 4.20. The van der Waals surface area contributed by atoms with Crippen LogP contribution in [0.15, 0.2) is 47.1 Å². The maximum Gasteiger partial charge on any atom is 0.177 e. The van der Waals surface area contributed by atoms with Crippen molar-refractivity contribution in [3.05, 3.63) is 58.6 Å². The van der Waals surface area contributed by atoms with Gasteiger partial charge in [0.25, 0.3) is 0 Å². The fourth-order valence-electron chi connectivity index (χ4n) is 3.09. The third kappa shape index (κ3) is 2.50. The van der Waals surface area contributed by atoms with Crippen LogP contribution in [0.4, 0.5) is 5.82 Å². The summed E-state index contributed by atoms with van der Waals surface area (Å²) in [6, 6.07) is 12.0. The quantitative estimate of drug-likeness (QED) is 0.474. The largest absolute Gasteiger partial charge is 0.362 e. The number of nitrogens with one attached hydrogen (secondary N) is 2. The Morgan fingerprint density at radius 2 is 2.08 bits per heavy atom. The highest BCUT2D eigenvalue weighted by atomic mass is 79.9. The average Bonchev–Trinajstić information content (AvgIpc) is 3.21. The molecule has 0 radical (unpaired) electrons. The van der Waals surface area contributed by atoms with Gasteiger partial charge >= 0.3 is 0 Å². The fourth-order valence-corrected chi connectivity index (χ4v) is 3.42. The molecule has 7 nitrogen and oxygen atoms in total. The number of hydrogen-bond acceptors (Lipinski definition) is 5. The minimum absolute atomic E-state index is 0.522. The highest BCUT2D eigenvalue weighted by Crippen LogP contribution is 2.24.